The van der Waals surface area contributed by atoms with Gasteiger partial charge in [-0.15, -0.1) is 0 Å². The van der Waals surface area contributed by atoms with Crippen molar-refractivity contribution in [1.82, 2.24) is 0 Å². The van der Waals surface area contributed by atoms with Gasteiger partial charge in [-0.2, -0.15) is 0 Å². The van der Waals surface area contributed by atoms with Crippen LogP contribution in [0.4, 0.5) is 4.39 Å². The van der Waals surface area contributed by atoms with Gasteiger partial charge >= 0.3 is 11.9 Å². The number of hydrogen-bond donors (Lipinski definition) is 1. The van der Waals surface area contributed by atoms with Gasteiger partial charge in [0, 0.05) is 34.0 Å². The molecule has 6 nitrogen and oxygen atoms in total. The van der Waals surface area contributed by atoms with Crippen molar-refractivity contribution in [1.29, 1.82) is 0 Å². The minimum atomic E-state index is -0.384. The van der Waals surface area contributed by atoms with Crippen molar-refractivity contribution in [3.63, 3.8) is 0 Å². The predicted molar refractivity (Wildman–Crippen MR) is 142 cm³/mol. The standard InChI is InChI=1S/C29H30BrFO6/c1-35-28(33)7-3-5-19-9-13-26(32)23(15-19)24-16-20(6-4-8-29(34)36-2)10-14-27(24)37-18-21-11-12-22(30)17-25(21)31/h9-17,32H,3-8,18H2,1-2H3. The lowest BCUT2D eigenvalue weighted by atomic mass is 9.96. The molecule has 0 bridgehead atoms. The molecule has 0 heterocycles. The highest BCUT2D eigenvalue weighted by atomic mass is 79.9. The molecule has 37 heavy (non-hydrogen) atoms. The van der Waals surface area contributed by atoms with Gasteiger partial charge in [0.25, 0.3) is 0 Å². The zero-order valence-corrected chi connectivity index (χ0v) is 22.5. The highest BCUT2D eigenvalue weighted by Crippen LogP contribution is 2.38. The summed E-state index contributed by atoms with van der Waals surface area (Å²) in [5.41, 5.74) is 3.52. The Morgan fingerprint density at radius 3 is 2.03 bits per heavy atom. The molecule has 3 aromatic carbocycles. The summed E-state index contributed by atoms with van der Waals surface area (Å²) in [7, 11) is 2.72. The fraction of sp³-hybridized carbons (Fsp3) is 0.310. The number of hydrogen-bond acceptors (Lipinski definition) is 6. The van der Waals surface area contributed by atoms with Gasteiger partial charge in [-0.25, -0.2) is 4.39 Å². The lowest BCUT2D eigenvalue weighted by Gasteiger charge is -2.16. The van der Waals surface area contributed by atoms with E-state index in [1.165, 1.54) is 20.3 Å². The van der Waals surface area contributed by atoms with Gasteiger partial charge < -0.3 is 19.3 Å². The largest absolute Gasteiger partial charge is 0.507 e. The Labute approximate surface area is 224 Å². The molecule has 0 aromatic heterocycles. The van der Waals surface area contributed by atoms with Crippen LogP contribution in [-0.2, 0) is 38.5 Å². The molecule has 0 saturated carbocycles. The van der Waals surface area contributed by atoms with Crippen LogP contribution in [0.3, 0.4) is 0 Å². The van der Waals surface area contributed by atoms with Gasteiger partial charge in [0.2, 0.25) is 0 Å². The first-order valence-electron chi connectivity index (χ1n) is 12.0. The minimum absolute atomic E-state index is 0.00732. The van der Waals surface area contributed by atoms with Crippen LogP contribution < -0.4 is 4.74 Å². The molecule has 0 amide bonds. The van der Waals surface area contributed by atoms with E-state index in [9.17, 15) is 19.1 Å². The number of phenolic OH excluding ortho intramolecular Hbond substituents is 1. The van der Waals surface area contributed by atoms with Crippen molar-refractivity contribution in [2.24, 2.45) is 0 Å². The van der Waals surface area contributed by atoms with E-state index in [-0.39, 0.29) is 30.1 Å². The molecule has 3 aromatic rings. The van der Waals surface area contributed by atoms with E-state index in [2.05, 4.69) is 15.9 Å². The van der Waals surface area contributed by atoms with Crippen LogP contribution in [0, 0.1) is 5.82 Å². The summed E-state index contributed by atoms with van der Waals surface area (Å²) < 4.78 is 30.5. The molecule has 0 aliphatic carbocycles. The third-order valence-electron chi connectivity index (χ3n) is 5.94. The molecule has 3 rings (SSSR count). The van der Waals surface area contributed by atoms with E-state index in [1.54, 1.807) is 24.3 Å². The number of esters is 2. The second kappa shape index (κ2) is 13.8. The Morgan fingerprint density at radius 2 is 1.43 bits per heavy atom. The first-order chi connectivity index (χ1) is 17.8. The van der Waals surface area contributed by atoms with E-state index < -0.39 is 0 Å². The molecule has 0 fully saturated rings. The van der Waals surface area contributed by atoms with Crippen molar-refractivity contribution in [2.75, 3.05) is 14.2 Å². The summed E-state index contributed by atoms with van der Waals surface area (Å²) in [4.78, 5) is 23.0. The number of carbonyl (C=O) groups is 2. The summed E-state index contributed by atoms with van der Waals surface area (Å²) >= 11 is 3.26. The lowest BCUT2D eigenvalue weighted by Crippen LogP contribution is -2.02. The number of carbonyl (C=O) groups excluding carboxylic acids is 2. The quantitative estimate of drug-likeness (QED) is 0.248. The molecule has 0 saturated heterocycles. The predicted octanol–water partition coefficient (Wildman–Crippen LogP) is 6.53. The smallest absolute Gasteiger partial charge is 0.305 e. The maximum atomic E-state index is 14.4. The number of phenols is 1. The lowest BCUT2D eigenvalue weighted by molar-refractivity contribution is -0.141. The molecule has 196 valence electrons. The van der Waals surface area contributed by atoms with Crippen molar-refractivity contribution >= 4 is 27.9 Å². The first kappa shape index (κ1) is 28.2. The van der Waals surface area contributed by atoms with E-state index in [0.717, 1.165) is 11.1 Å². The van der Waals surface area contributed by atoms with E-state index in [0.29, 0.717) is 65.4 Å². The number of aromatic hydroxyl groups is 1. The maximum Gasteiger partial charge on any atom is 0.305 e. The Morgan fingerprint density at radius 1 is 0.838 bits per heavy atom. The number of methoxy groups -OCH3 is 2. The second-order valence-corrected chi connectivity index (χ2v) is 9.48. The highest BCUT2D eigenvalue weighted by Gasteiger charge is 2.15. The molecule has 0 spiro atoms. The first-order valence-corrected chi connectivity index (χ1v) is 12.8. The average molecular weight is 573 g/mol. The normalized spacial score (nSPS) is 10.7. The summed E-state index contributed by atoms with van der Waals surface area (Å²) in [5.74, 6) is -0.363. The summed E-state index contributed by atoms with van der Waals surface area (Å²) in [5, 5.41) is 10.7. The highest BCUT2D eigenvalue weighted by molar-refractivity contribution is 9.10. The van der Waals surface area contributed by atoms with Gasteiger partial charge in [0.1, 0.15) is 23.9 Å². The third kappa shape index (κ3) is 8.32. The number of ether oxygens (including phenoxy) is 3. The van der Waals surface area contributed by atoms with Crippen LogP contribution in [0.1, 0.15) is 42.4 Å². The molecular formula is C29H30BrFO6. The zero-order valence-electron chi connectivity index (χ0n) is 20.9. The van der Waals surface area contributed by atoms with Gasteiger partial charge in [0.15, 0.2) is 0 Å². The van der Waals surface area contributed by atoms with Crippen LogP contribution in [-0.4, -0.2) is 31.3 Å². The fourth-order valence-corrected chi connectivity index (χ4v) is 4.23. The van der Waals surface area contributed by atoms with Gasteiger partial charge in [-0.1, -0.05) is 34.1 Å². The topological polar surface area (TPSA) is 82.1 Å². The average Bonchev–Trinajstić information content (AvgIpc) is 2.89. The van der Waals surface area contributed by atoms with Crippen molar-refractivity contribution in [2.45, 2.75) is 45.1 Å². The maximum absolute atomic E-state index is 14.4. The number of rotatable bonds is 12. The van der Waals surface area contributed by atoms with Gasteiger partial charge in [0.05, 0.1) is 14.2 Å². The fourth-order valence-electron chi connectivity index (χ4n) is 3.90. The van der Waals surface area contributed by atoms with E-state index in [1.807, 2.05) is 24.3 Å². The van der Waals surface area contributed by atoms with Gasteiger partial charge in [-0.3, -0.25) is 9.59 Å². The Kier molecular flexibility index (Phi) is 10.5. The molecule has 8 heteroatoms. The number of halogens is 2. The van der Waals surface area contributed by atoms with Crippen LogP contribution >= 0.6 is 15.9 Å². The zero-order chi connectivity index (χ0) is 26.8. The van der Waals surface area contributed by atoms with Crippen molar-refractivity contribution in [3.8, 4) is 22.6 Å². The molecule has 0 aliphatic rings. The SMILES string of the molecule is COC(=O)CCCc1ccc(O)c(-c2cc(CCCC(=O)OC)ccc2OCc2ccc(Br)cc2F)c1. The molecule has 1 N–H and O–H groups in total. The van der Waals surface area contributed by atoms with E-state index in [4.69, 9.17) is 14.2 Å². The number of benzene rings is 3. The second-order valence-electron chi connectivity index (χ2n) is 8.57. The van der Waals surface area contributed by atoms with Crippen LogP contribution in [0.25, 0.3) is 11.1 Å². The number of aryl methyl sites for hydroxylation is 2. The van der Waals surface area contributed by atoms with Crippen LogP contribution in [0.5, 0.6) is 11.5 Å². The molecule has 0 atom stereocenters. The third-order valence-corrected chi connectivity index (χ3v) is 6.43. The van der Waals surface area contributed by atoms with Gasteiger partial charge in [-0.05, 0) is 73.2 Å². The summed E-state index contributed by atoms with van der Waals surface area (Å²) in [6, 6.07) is 15.7. The Bertz CT molecular complexity index is 1240. The Hall–Kier alpha value is -3.39. The molecule has 0 unspecified atom stereocenters. The molecule has 0 radical (unpaired) electrons. The summed E-state index contributed by atoms with van der Waals surface area (Å²) in [6.07, 6.45) is 3.07. The minimum Gasteiger partial charge on any atom is -0.507 e. The van der Waals surface area contributed by atoms with E-state index >= 15 is 0 Å². The summed E-state index contributed by atoms with van der Waals surface area (Å²) in [6.45, 7) is 0.00732. The molecule has 0 aliphatic heterocycles. The van der Waals surface area contributed by atoms with Crippen molar-refractivity contribution < 1.29 is 33.3 Å². The monoisotopic (exact) mass is 572 g/mol. The molecular weight excluding hydrogens is 543 g/mol. The Balaban J connectivity index is 1.89. The van der Waals surface area contributed by atoms with Crippen LogP contribution in [0.2, 0.25) is 0 Å². The van der Waals surface area contributed by atoms with Crippen molar-refractivity contribution in [3.05, 3.63) is 81.6 Å². The van der Waals surface area contributed by atoms with Crippen LogP contribution in [0.15, 0.2) is 59.1 Å².